The maximum Gasteiger partial charge on any atom is 0.329 e. The van der Waals surface area contributed by atoms with E-state index in [2.05, 4.69) is 5.32 Å². The van der Waals surface area contributed by atoms with Gasteiger partial charge in [-0.25, -0.2) is 4.79 Å². The van der Waals surface area contributed by atoms with Crippen molar-refractivity contribution in [1.82, 2.24) is 5.32 Å². The fourth-order valence-electron chi connectivity index (χ4n) is 1.14. The predicted molar refractivity (Wildman–Crippen MR) is 62.9 cm³/mol. The van der Waals surface area contributed by atoms with E-state index >= 15 is 0 Å². The molecule has 0 aliphatic heterocycles. The number of hydrogen-bond donors (Lipinski definition) is 1. The largest absolute Gasteiger partial charge is 0.458 e. The zero-order valence-electron chi connectivity index (χ0n) is 11.1. The van der Waals surface area contributed by atoms with E-state index in [0.717, 1.165) is 0 Å². The molecule has 0 rings (SSSR count). The highest BCUT2D eigenvalue weighted by Gasteiger charge is 2.28. The van der Waals surface area contributed by atoms with Crippen molar-refractivity contribution in [3.63, 3.8) is 0 Å². The van der Waals surface area contributed by atoms with Gasteiger partial charge in [0, 0.05) is 6.42 Å². The molecule has 0 radical (unpaired) electrons. The summed E-state index contributed by atoms with van der Waals surface area (Å²) in [7, 11) is 0. The Morgan fingerprint density at radius 1 is 1.25 bits per heavy atom. The molecule has 0 saturated heterocycles. The van der Waals surface area contributed by atoms with Gasteiger partial charge in [0.25, 0.3) is 0 Å². The molecule has 0 fully saturated rings. The van der Waals surface area contributed by atoms with Crippen LogP contribution >= 0.6 is 0 Å². The first-order valence-electron chi connectivity index (χ1n) is 5.69. The number of rotatable bonds is 4. The summed E-state index contributed by atoms with van der Waals surface area (Å²) in [4.78, 5) is 23.1. The maximum atomic E-state index is 11.8. The lowest BCUT2D eigenvalue weighted by molar-refractivity contribution is -0.160. The summed E-state index contributed by atoms with van der Waals surface area (Å²) < 4.78 is 5.25. The van der Waals surface area contributed by atoms with Gasteiger partial charge in [0.2, 0.25) is 5.91 Å². The minimum Gasteiger partial charge on any atom is -0.458 e. The van der Waals surface area contributed by atoms with Gasteiger partial charge in [0.1, 0.15) is 11.6 Å². The van der Waals surface area contributed by atoms with Crippen molar-refractivity contribution in [1.29, 1.82) is 0 Å². The molecule has 1 N–H and O–H groups in total. The van der Waals surface area contributed by atoms with E-state index in [1.807, 2.05) is 34.6 Å². The Kier molecular flexibility index (Phi) is 5.48. The van der Waals surface area contributed by atoms with Crippen LogP contribution in [-0.2, 0) is 14.3 Å². The van der Waals surface area contributed by atoms with Crippen LogP contribution in [0.15, 0.2) is 0 Å². The quantitative estimate of drug-likeness (QED) is 0.749. The van der Waals surface area contributed by atoms with Crippen LogP contribution in [0.4, 0.5) is 0 Å². The zero-order valence-corrected chi connectivity index (χ0v) is 11.1. The van der Waals surface area contributed by atoms with E-state index in [1.54, 1.807) is 6.92 Å². The highest BCUT2D eigenvalue weighted by molar-refractivity contribution is 5.84. The molecule has 0 aromatic heterocycles. The van der Waals surface area contributed by atoms with Crippen molar-refractivity contribution in [2.75, 3.05) is 0 Å². The van der Waals surface area contributed by atoms with Gasteiger partial charge in [-0.1, -0.05) is 20.8 Å². The van der Waals surface area contributed by atoms with Crippen molar-refractivity contribution in [3.05, 3.63) is 0 Å². The number of carbonyl (C=O) groups is 2. The van der Waals surface area contributed by atoms with Crippen LogP contribution in [-0.4, -0.2) is 23.5 Å². The van der Waals surface area contributed by atoms with Gasteiger partial charge in [-0.3, -0.25) is 4.79 Å². The smallest absolute Gasteiger partial charge is 0.329 e. The highest BCUT2D eigenvalue weighted by Crippen LogP contribution is 2.12. The van der Waals surface area contributed by atoms with E-state index in [4.69, 9.17) is 4.74 Å². The number of carbonyl (C=O) groups excluding carboxylic acids is 2. The molecule has 0 aliphatic rings. The number of esters is 1. The Morgan fingerprint density at radius 2 is 1.75 bits per heavy atom. The average molecular weight is 229 g/mol. The molecule has 0 heterocycles. The highest BCUT2D eigenvalue weighted by atomic mass is 16.6. The van der Waals surface area contributed by atoms with E-state index in [1.165, 1.54) is 0 Å². The third-order valence-corrected chi connectivity index (χ3v) is 1.96. The fourth-order valence-corrected chi connectivity index (χ4v) is 1.14. The van der Waals surface area contributed by atoms with E-state index in [-0.39, 0.29) is 17.8 Å². The molecule has 1 unspecified atom stereocenters. The zero-order chi connectivity index (χ0) is 12.9. The molecular formula is C12H23NO3. The van der Waals surface area contributed by atoms with Gasteiger partial charge in [0.05, 0.1) is 0 Å². The van der Waals surface area contributed by atoms with Crippen LogP contribution in [0.25, 0.3) is 0 Å². The Morgan fingerprint density at radius 3 is 2.06 bits per heavy atom. The third kappa shape index (κ3) is 5.73. The second-order valence-electron chi connectivity index (χ2n) is 5.18. The molecule has 0 aromatic rings. The summed E-state index contributed by atoms with van der Waals surface area (Å²) in [6.45, 7) is 10.9. The lowest BCUT2D eigenvalue weighted by atomic mass is 10.0. The Hall–Kier alpha value is -1.06. The molecule has 0 spiro atoms. The summed E-state index contributed by atoms with van der Waals surface area (Å²) >= 11 is 0. The molecule has 0 aliphatic carbocycles. The molecule has 4 heteroatoms. The molecule has 0 saturated carbocycles. The van der Waals surface area contributed by atoms with Crippen molar-refractivity contribution in [2.45, 2.75) is 59.6 Å². The van der Waals surface area contributed by atoms with Crippen LogP contribution in [0.5, 0.6) is 0 Å². The molecular weight excluding hydrogens is 206 g/mol. The second kappa shape index (κ2) is 5.87. The summed E-state index contributed by atoms with van der Waals surface area (Å²) in [5.41, 5.74) is -0.527. The van der Waals surface area contributed by atoms with Gasteiger partial charge in [0.15, 0.2) is 0 Å². The number of hydrogen-bond acceptors (Lipinski definition) is 3. The molecule has 16 heavy (non-hydrogen) atoms. The Balaban J connectivity index is 4.54. The predicted octanol–water partition coefficient (Wildman–Crippen LogP) is 1.88. The van der Waals surface area contributed by atoms with E-state index < -0.39 is 11.6 Å². The van der Waals surface area contributed by atoms with Gasteiger partial charge >= 0.3 is 5.97 Å². The first kappa shape index (κ1) is 14.9. The molecule has 4 nitrogen and oxygen atoms in total. The van der Waals surface area contributed by atoms with Gasteiger partial charge in [-0.05, 0) is 26.7 Å². The van der Waals surface area contributed by atoms with E-state index in [9.17, 15) is 9.59 Å². The van der Waals surface area contributed by atoms with Crippen molar-refractivity contribution >= 4 is 11.9 Å². The van der Waals surface area contributed by atoms with Crippen molar-refractivity contribution in [2.24, 2.45) is 5.92 Å². The normalized spacial score (nSPS) is 13.4. The summed E-state index contributed by atoms with van der Waals surface area (Å²) in [5.74, 6) is -0.487. The third-order valence-electron chi connectivity index (χ3n) is 1.96. The SMILES string of the molecule is CCC(=O)NC(C(=O)OC(C)(C)C)C(C)C. The summed E-state index contributed by atoms with van der Waals surface area (Å²) in [6.07, 6.45) is 0.367. The van der Waals surface area contributed by atoms with Gasteiger partial charge in [-0.15, -0.1) is 0 Å². The number of amides is 1. The Labute approximate surface area is 97.7 Å². The van der Waals surface area contributed by atoms with Crippen molar-refractivity contribution < 1.29 is 14.3 Å². The topological polar surface area (TPSA) is 55.4 Å². The second-order valence-corrected chi connectivity index (χ2v) is 5.18. The van der Waals surface area contributed by atoms with Crippen LogP contribution in [0.2, 0.25) is 0 Å². The lowest BCUT2D eigenvalue weighted by Gasteiger charge is -2.26. The van der Waals surface area contributed by atoms with E-state index in [0.29, 0.717) is 6.42 Å². The first-order chi connectivity index (χ1) is 7.17. The average Bonchev–Trinajstić information content (AvgIpc) is 2.09. The fraction of sp³-hybridized carbons (Fsp3) is 0.833. The number of nitrogens with one attached hydrogen (secondary N) is 1. The standard InChI is InChI=1S/C12H23NO3/c1-7-9(14)13-10(8(2)3)11(15)16-12(4,5)6/h8,10H,7H2,1-6H3,(H,13,14). The summed E-state index contributed by atoms with van der Waals surface area (Å²) in [5, 5.41) is 2.68. The molecule has 94 valence electrons. The lowest BCUT2D eigenvalue weighted by Crippen LogP contribution is -2.47. The maximum absolute atomic E-state index is 11.8. The van der Waals surface area contributed by atoms with Crippen LogP contribution in [0, 0.1) is 5.92 Å². The summed E-state index contributed by atoms with van der Waals surface area (Å²) in [6, 6.07) is -0.563. The van der Waals surface area contributed by atoms with Crippen LogP contribution in [0.1, 0.15) is 48.0 Å². The molecule has 1 amide bonds. The van der Waals surface area contributed by atoms with Crippen molar-refractivity contribution in [3.8, 4) is 0 Å². The molecule has 0 aromatic carbocycles. The molecule has 1 atom stereocenters. The first-order valence-corrected chi connectivity index (χ1v) is 5.69. The minimum absolute atomic E-state index is 0.0188. The number of ether oxygens (including phenoxy) is 1. The minimum atomic E-state index is -0.563. The molecule has 0 bridgehead atoms. The van der Waals surface area contributed by atoms with Crippen LogP contribution in [0.3, 0.4) is 0 Å². The monoisotopic (exact) mass is 229 g/mol. The van der Waals surface area contributed by atoms with Gasteiger partial charge < -0.3 is 10.1 Å². The van der Waals surface area contributed by atoms with Gasteiger partial charge in [-0.2, -0.15) is 0 Å². The Bertz CT molecular complexity index is 253. The van der Waals surface area contributed by atoms with Crippen LogP contribution < -0.4 is 5.32 Å².